The second-order valence-electron chi connectivity index (χ2n) is 10.3. The zero-order chi connectivity index (χ0) is 27.2. The second kappa shape index (κ2) is 12.9. The molecule has 1 amide bonds. The van der Waals surface area contributed by atoms with Crippen molar-refractivity contribution < 1.29 is 22.1 Å². The zero-order valence-electron chi connectivity index (χ0n) is 22.7. The maximum atomic E-state index is 13.2. The lowest BCUT2D eigenvalue weighted by molar-refractivity contribution is -0.130. The Kier molecular flexibility index (Phi) is 10.7. The van der Waals surface area contributed by atoms with Crippen molar-refractivity contribution in [3.63, 3.8) is 0 Å². The number of carbonyl (C=O) groups excluding carboxylic acids is 1. The van der Waals surface area contributed by atoms with Gasteiger partial charge in [0, 0.05) is 12.6 Å². The van der Waals surface area contributed by atoms with Crippen molar-refractivity contribution in [2.24, 2.45) is 0 Å². The molecule has 0 fully saturated rings. The molecule has 0 aliphatic rings. The van der Waals surface area contributed by atoms with Gasteiger partial charge in [0.2, 0.25) is 5.91 Å². The van der Waals surface area contributed by atoms with Crippen molar-refractivity contribution in [3.8, 4) is 11.5 Å². The van der Waals surface area contributed by atoms with Crippen LogP contribution in [0.15, 0.2) is 36.4 Å². The third kappa shape index (κ3) is 8.17. The number of rotatable bonds is 12. The van der Waals surface area contributed by atoms with E-state index in [-0.39, 0.29) is 30.4 Å². The maximum absolute atomic E-state index is 13.2. The number of amides is 1. The largest absolute Gasteiger partial charge is 0.483 e. The van der Waals surface area contributed by atoms with Gasteiger partial charge in [0.25, 0.3) is 0 Å². The average molecular weight is 536 g/mol. The van der Waals surface area contributed by atoms with Crippen LogP contribution in [0.2, 0.25) is 0 Å². The van der Waals surface area contributed by atoms with Gasteiger partial charge in [-0.1, -0.05) is 65.8 Å². The number of ether oxygens (including phenoxy) is 1. The van der Waals surface area contributed by atoms with Crippen molar-refractivity contribution in [1.29, 1.82) is 0 Å². The number of hydrogen-bond donors (Lipinski definition) is 1. The lowest BCUT2D eigenvalue weighted by Crippen LogP contribution is -2.40. The van der Waals surface area contributed by atoms with Gasteiger partial charge in [-0.2, -0.15) is 8.42 Å². The molecule has 0 saturated carbocycles. The minimum absolute atomic E-state index is 0.0590. The standard InChI is InChI=1S/C28H41NO5S2/c1-18(2)23-13-25(19(3)4)28(26(14-23)20(5)6)34-36(31,32)16-27(30)29(21(7)8)15-22-9-11-24(12-10-22)33-17-35/h9-14,18-21,35H,15-17H2,1-8H3. The Balaban J connectivity index is 2.31. The minimum Gasteiger partial charge on any atom is -0.483 e. The average Bonchev–Trinajstić information content (AvgIpc) is 2.77. The normalized spacial score (nSPS) is 12.0. The second-order valence-corrected chi connectivity index (χ2v) is 12.1. The van der Waals surface area contributed by atoms with Gasteiger partial charge in [0.1, 0.15) is 17.4 Å². The lowest BCUT2D eigenvalue weighted by Gasteiger charge is -2.27. The van der Waals surface area contributed by atoms with E-state index in [0.717, 1.165) is 22.3 Å². The topological polar surface area (TPSA) is 72.9 Å². The number of hydrogen-bond acceptors (Lipinski definition) is 6. The van der Waals surface area contributed by atoms with E-state index in [0.29, 0.717) is 17.4 Å². The Labute approximate surface area is 222 Å². The third-order valence-corrected chi connectivity index (χ3v) is 7.19. The fourth-order valence-corrected chi connectivity index (χ4v) is 5.02. The van der Waals surface area contributed by atoms with Gasteiger partial charge in [0.15, 0.2) is 5.75 Å². The van der Waals surface area contributed by atoms with Gasteiger partial charge in [-0.15, -0.1) is 12.6 Å². The summed E-state index contributed by atoms with van der Waals surface area (Å²) in [6, 6.07) is 11.2. The predicted molar refractivity (Wildman–Crippen MR) is 150 cm³/mol. The van der Waals surface area contributed by atoms with Crippen LogP contribution in [0.1, 0.15) is 95.4 Å². The van der Waals surface area contributed by atoms with Crippen LogP contribution < -0.4 is 8.92 Å². The molecule has 36 heavy (non-hydrogen) atoms. The highest BCUT2D eigenvalue weighted by atomic mass is 32.2. The molecular weight excluding hydrogens is 494 g/mol. The fourth-order valence-electron chi connectivity index (χ4n) is 3.90. The van der Waals surface area contributed by atoms with E-state index < -0.39 is 21.8 Å². The van der Waals surface area contributed by atoms with E-state index in [4.69, 9.17) is 8.92 Å². The molecule has 0 radical (unpaired) electrons. The predicted octanol–water partition coefficient (Wildman–Crippen LogP) is 6.47. The summed E-state index contributed by atoms with van der Waals surface area (Å²) in [5.74, 6) is 0.484. The highest BCUT2D eigenvalue weighted by Crippen LogP contribution is 2.38. The van der Waals surface area contributed by atoms with Gasteiger partial charge in [-0.3, -0.25) is 4.79 Å². The molecule has 8 heteroatoms. The van der Waals surface area contributed by atoms with Gasteiger partial charge < -0.3 is 13.8 Å². The smallest absolute Gasteiger partial charge is 0.318 e. The van der Waals surface area contributed by atoms with Crippen molar-refractivity contribution in [2.45, 2.75) is 85.7 Å². The number of benzene rings is 2. The third-order valence-electron chi connectivity index (χ3n) is 6.04. The number of nitrogens with zero attached hydrogens (tertiary/aromatic N) is 1. The molecule has 0 bridgehead atoms. The molecule has 0 saturated heterocycles. The van der Waals surface area contributed by atoms with Crippen LogP contribution in [0.3, 0.4) is 0 Å². The molecule has 0 spiro atoms. The van der Waals surface area contributed by atoms with Gasteiger partial charge >= 0.3 is 10.1 Å². The highest BCUT2D eigenvalue weighted by Gasteiger charge is 2.28. The highest BCUT2D eigenvalue weighted by molar-refractivity contribution is 7.87. The lowest BCUT2D eigenvalue weighted by atomic mass is 9.88. The molecular formula is C28H41NO5S2. The molecule has 2 aromatic rings. The van der Waals surface area contributed by atoms with Crippen LogP contribution in [-0.2, 0) is 21.5 Å². The first-order valence-corrected chi connectivity index (χ1v) is 14.7. The van der Waals surface area contributed by atoms with Gasteiger partial charge in [-0.25, -0.2) is 0 Å². The van der Waals surface area contributed by atoms with E-state index in [1.165, 1.54) is 0 Å². The molecule has 2 aromatic carbocycles. The SMILES string of the molecule is CC(C)c1cc(C(C)C)c(OS(=O)(=O)CC(=O)N(Cc2ccc(OCS)cc2)C(C)C)c(C(C)C)c1. The molecule has 0 aliphatic heterocycles. The van der Waals surface area contributed by atoms with E-state index in [9.17, 15) is 13.2 Å². The maximum Gasteiger partial charge on any atom is 0.318 e. The monoisotopic (exact) mass is 535 g/mol. The molecule has 0 unspecified atom stereocenters. The molecule has 0 N–H and O–H groups in total. The Morgan fingerprint density at radius 1 is 0.889 bits per heavy atom. The van der Waals surface area contributed by atoms with E-state index in [2.05, 4.69) is 26.5 Å². The summed E-state index contributed by atoms with van der Waals surface area (Å²) in [6.45, 7) is 16.3. The van der Waals surface area contributed by atoms with Crippen LogP contribution in [0.4, 0.5) is 0 Å². The summed E-state index contributed by atoms with van der Waals surface area (Å²) in [7, 11) is -4.18. The van der Waals surface area contributed by atoms with Gasteiger partial charge in [0.05, 0.1) is 0 Å². The zero-order valence-corrected chi connectivity index (χ0v) is 24.4. The first kappa shape index (κ1) is 30.0. The van der Waals surface area contributed by atoms with Crippen LogP contribution >= 0.6 is 12.6 Å². The summed E-state index contributed by atoms with van der Waals surface area (Å²) >= 11 is 4.05. The first-order chi connectivity index (χ1) is 16.8. The van der Waals surface area contributed by atoms with Crippen molar-refractivity contribution in [1.82, 2.24) is 4.90 Å². The summed E-state index contributed by atoms with van der Waals surface area (Å²) in [5, 5.41) is 0. The van der Waals surface area contributed by atoms with Gasteiger partial charge in [-0.05, 0) is 66.0 Å². The Hall–Kier alpha value is -2.19. The molecule has 0 atom stereocenters. The van der Waals surface area contributed by atoms with E-state index >= 15 is 0 Å². The molecule has 2 rings (SSSR count). The Bertz CT molecular complexity index is 1090. The van der Waals surface area contributed by atoms with Crippen molar-refractivity contribution >= 4 is 28.7 Å². The minimum atomic E-state index is -4.18. The molecule has 0 aromatic heterocycles. The molecule has 200 valence electrons. The molecule has 6 nitrogen and oxygen atoms in total. The Morgan fingerprint density at radius 2 is 1.42 bits per heavy atom. The summed E-state index contributed by atoms with van der Waals surface area (Å²) < 4.78 is 37.4. The number of carbonyl (C=O) groups is 1. The van der Waals surface area contributed by atoms with Crippen LogP contribution in [-0.4, -0.2) is 37.0 Å². The van der Waals surface area contributed by atoms with Crippen LogP contribution in [0.25, 0.3) is 0 Å². The van der Waals surface area contributed by atoms with Crippen molar-refractivity contribution in [2.75, 3.05) is 11.7 Å². The van der Waals surface area contributed by atoms with Crippen LogP contribution in [0.5, 0.6) is 11.5 Å². The van der Waals surface area contributed by atoms with E-state index in [1.54, 1.807) is 17.0 Å². The molecule has 0 heterocycles. The number of thiol groups is 1. The fraction of sp³-hybridized carbons (Fsp3) is 0.536. The summed E-state index contributed by atoms with van der Waals surface area (Å²) in [6.07, 6.45) is 0. The summed E-state index contributed by atoms with van der Waals surface area (Å²) in [5.41, 5.74) is 3.69. The quantitative estimate of drug-likeness (QED) is 0.192. The van der Waals surface area contributed by atoms with E-state index in [1.807, 2.05) is 65.8 Å². The van der Waals surface area contributed by atoms with Crippen molar-refractivity contribution in [3.05, 3.63) is 58.7 Å². The first-order valence-electron chi connectivity index (χ1n) is 12.5. The Morgan fingerprint density at radius 3 is 1.83 bits per heavy atom. The molecule has 0 aliphatic carbocycles. The van der Waals surface area contributed by atoms with Crippen LogP contribution in [0, 0.1) is 0 Å². The summed E-state index contributed by atoms with van der Waals surface area (Å²) in [4.78, 5) is 14.7.